The Morgan fingerprint density at radius 1 is 1.17 bits per heavy atom. The quantitative estimate of drug-likeness (QED) is 0.783. The molecule has 0 spiro atoms. The summed E-state index contributed by atoms with van der Waals surface area (Å²) in [6.45, 7) is 7.94. The van der Waals surface area contributed by atoms with E-state index in [0.29, 0.717) is 12.6 Å². The van der Waals surface area contributed by atoms with Gasteiger partial charge in [0.25, 0.3) is 5.91 Å². The monoisotopic (exact) mass is 392 g/mol. The molecule has 1 aromatic heterocycles. The van der Waals surface area contributed by atoms with Crippen LogP contribution in [0.4, 0.5) is 0 Å². The summed E-state index contributed by atoms with van der Waals surface area (Å²) < 4.78 is 2.10. The first kappa shape index (κ1) is 19.9. The highest BCUT2D eigenvalue weighted by Gasteiger charge is 2.35. The number of piperidine rings is 1. The number of hydrogen-bond acceptors (Lipinski definition) is 3. The Morgan fingerprint density at radius 2 is 2.00 bits per heavy atom. The maximum atomic E-state index is 13.3. The van der Waals surface area contributed by atoms with Crippen LogP contribution in [0.1, 0.15) is 61.0 Å². The zero-order chi connectivity index (χ0) is 20.5. The number of aromatic nitrogens is 1. The summed E-state index contributed by atoms with van der Waals surface area (Å²) in [6.07, 6.45) is 6.40. The van der Waals surface area contributed by atoms with Gasteiger partial charge in [0.2, 0.25) is 0 Å². The number of benzene rings is 1. The van der Waals surface area contributed by atoms with Crippen molar-refractivity contribution >= 4 is 11.6 Å². The number of amides is 1. The fourth-order valence-corrected chi connectivity index (χ4v) is 4.53. The van der Waals surface area contributed by atoms with Gasteiger partial charge in [-0.15, -0.1) is 0 Å². The van der Waals surface area contributed by atoms with Gasteiger partial charge in [0.1, 0.15) is 6.04 Å². The molecular weight excluding hydrogens is 360 g/mol. The van der Waals surface area contributed by atoms with E-state index in [2.05, 4.69) is 54.5 Å². The molecule has 0 saturated carbocycles. The molecule has 5 nitrogen and oxygen atoms in total. The molecule has 3 heterocycles. The van der Waals surface area contributed by atoms with E-state index in [-0.39, 0.29) is 11.9 Å². The maximum Gasteiger partial charge on any atom is 0.257 e. The van der Waals surface area contributed by atoms with Gasteiger partial charge in [0, 0.05) is 31.4 Å². The summed E-state index contributed by atoms with van der Waals surface area (Å²) in [6, 6.07) is 11.0. The zero-order valence-corrected chi connectivity index (χ0v) is 18.1. The minimum Gasteiger partial charge on any atom is -0.353 e. The minimum absolute atomic E-state index is 0.0424. The van der Waals surface area contributed by atoms with E-state index in [1.54, 1.807) is 5.01 Å². The van der Waals surface area contributed by atoms with E-state index in [9.17, 15) is 4.79 Å². The van der Waals surface area contributed by atoms with Crippen LogP contribution in [0, 0.1) is 13.8 Å². The molecule has 1 fully saturated rings. The van der Waals surface area contributed by atoms with Gasteiger partial charge in [-0.2, -0.15) is 5.10 Å². The second kappa shape index (κ2) is 8.15. The molecule has 1 saturated heterocycles. The van der Waals surface area contributed by atoms with Crippen molar-refractivity contribution in [1.82, 2.24) is 14.5 Å². The maximum absolute atomic E-state index is 13.3. The number of carbonyl (C=O) groups is 1. The lowest BCUT2D eigenvalue weighted by Gasteiger charge is -2.34. The fourth-order valence-electron chi connectivity index (χ4n) is 4.53. The topological polar surface area (TPSA) is 40.8 Å². The fraction of sp³-hybridized carbons (Fsp3) is 0.500. The van der Waals surface area contributed by atoms with E-state index in [0.717, 1.165) is 29.9 Å². The third-order valence-electron chi connectivity index (χ3n) is 6.61. The Hall–Kier alpha value is -2.40. The van der Waals surface area contributed by atoms with Gasteiger partial charge in [-0.1, -0.05) is 18.6 Å². The highest BCUT2D eigenvalue weighted by molar-refractivity contribution is 6.03. The average molecular weight is 393 g/mol. The summed E-state index contributed by atoms with van der Waals surface area (Å²) in [4.78, 5) is 15.7. The van der Waals surface area contributed by atoms with Crippen LogP contribution >= 0.6 is 0 Å². The molecule has 4 rings (SSSR count). The third kappa shape index (κ3) is 4.01. The number of rotatable bonds is 4. The molecule has 2 aliphatic heterocycles. The minimum atomic E-state index is -0.0424. The Bertz CT molecular complexity index is 929. The van der Waals surface area contributed by atoms with Crippen LogP contribution in [0.3, 0.4) is 0 Å². The van der Waals surface area contributed by atoms with Crippen LogP contribution in [0.5, 0.6) is 0 Å². The van der Waals surface area contributed by atoms with E-state index >= 15 is 0 Å². The van der Waals surface area contributed by atoms with Gasteiger partial charge in [-0.05, 0) is 75.0 Å². The van der Waals surface area contributed by atoms with Gasteiger partial charge in [0.15, 0.2) is 0 Å². The average Bonchev–Trinajstić information content (AvgIpc) is 3.32. The van der Waals surface area contributed by atoms with Gasteiger partial charge < -0.3 is 4.57 Å². The Labute approximate surface area is 174 Å². The molecule has 2 atom stereocenters. The lowest BCUT2D eigenvalue weighted by molar-refractivity contribution is -0.135. The molecular formula is C24H32N4O. The standard InChI is InChI=1S/C24H32N4O/c1-17-10-11-20(14-18(17)2)21-15-23(22-9-7-12-26(22)4)28(25-21)24(29)16-27-13-6-5-8-19(27)3/h7,9-12,14,19,23H,5-6,8,13,15-16H2,1-4H3. The molecule has 2 unspecified atom stereocenters. The van der Waals surface area contributed by atoms with E-state index in [1.165, 1.54) is 30.4 Å². The lowest BCUT2D eigenvalue weighted by Crippen LogP contribution is -2.44. The smallest absolute Gasteiger partial charge is 0.257 e. The third-order valence-corrected chi connectivity index (χ3v) is 6.61. The number of hydrogen-bond donors (Lipinski definition) is 0. The van der Waals surface area contributed by atoms with Crippen molar-refractivity contribution in [1.29, 1.82) is 0 Å². The zero-order valence-electron chi connectivity index (χ0n) is 18.1. The van der Waals surface area contributed by atoms with Crippen molar-refractivity contribution in [3.63, 3.8) is 0 Å². The number of likely N-dealkylation sites (tertiary alicyclic amines) is 1. The predicted octanol–water partition coefficient (Wildman–Crippen LogP) is 4.19. The molecule has 0 radical (unpaired) electrons. The van der Waals surface area contributed by atoms with Gasteiger partial charge in [0.05, 0.1) is 12.3 Å². The second-order valence-electron chi connectivity index (χ2n) is 8.66. The largest absolute Gasteiger partial charge is 0.353 e. The molecule has 1 amide bonds. The van der Waals surface area contributed by atoms with Crippen molar-refractivity contribution in [2.45, 2.75) is 58.5 Å². The van der Waals surface area contributed by atoms with Crippen LogP contribution in [-0.2, 0) is 11.8 Å². The number of hydrazone groups is 1. The highest BCUT2D eigenvalue weighted by Crippen LogP contribution is 2.33. The van der Waals surface area contributed by atoms with Crippen molar-refractivity contribution in [3.05, 3.63) is 58.9 Å². The van der Waals surface area contributed by atoms with Crippen LogP contribution in [-0.4, -0.2) is 45.2 Å². The number of nitrogens with zero attached hydrogens (tertiary/aromatic N) is 4. The molecule has 1 aromatic carbocycles. The van der Waals surface area contributed by atoms with Crippen molar-refractivity contribution in [2.24, 2.45) is 12.1 Å². The van der Waals surface area contributed by atoms with E-state index in [1.807, 2.05) is 19.3 Å². The molecule has 2 aliphatic rings. The summed E-state index contributed by atoms with van der Waals surface area (Å²) in [5, 5.41) is 6.61. The van der Waals surface area contributed by atoms with Gasteiger partial charge in [-0.25, -0.2) is 5.01 Å². The molecule has 154 valence electrons. The van der Waals surface area contributed by atoms with Crippen molar-refractivity contribution in [2.75, 3.05) is 13.1 Å². The number of aryl methyl sites for hydroxylation is 3. The Morgan fingerprint density at radius 3 is 2.69 bits per heavy atom. The summed E-state index contributed by atoms with van der Waals surface area (Å²) >= 11 is 0. The van der Waals surface area contributed by atoms with Crippen LogP contribution in [0.25, 0.3) is 0 Å². The first-order valence-corrected chi connectivity index (χ1v) is 10.8. The molecule has 2 aromatic rings. The predicted molar refractivity (Wildman–Crippen MR) is 117 cm³/mol. The Kier molecular flexibility index (Phi) is 5.59. The summed E-state index contributed by atoms with van der Waals surface area (Å²) in [5.74, 6) is 0.101. The number of carbonyl (C=O) groups excluding carboxylic acids is 1. The van der Waals surface area contributed by atoms with E-state index in [4.69, 9.17) is 5.10 Å². The molecule has 0 N–H and O–H groups in total. The van der Waals surface area contributed by atoms with Crippen LogP contribution in [0.15, 0.2) is 41.6 Å². The summed E-state index contributed by atoms with van der Waals surface area (Å²) in [5.41, 5.74) is 5.78. The Balaban J connectivity index is 1.62. The molecule has 5 heteroatoms. The van der Waals surface area contributed by atoms with Crippen molar-refractivity contribution in [3.8, 4) is 0 Å². The first-order valence-electron chi connectivity index (χ1n) is 10.8. The van der Waals surface area contributed by atoms with Gasteiger partial charge >= 0.3 is 0 Å². The van der Waals surface area contributed by atoms with Gasteiger partial charge in [-0.3, -0.25) is 9.69 Å². The van der Waals surface area contributed by atoms with Crippen molar-refractivity contribution < 1.29 is 4.79 Å². The SMILES string of the molecule is Cc1ccc(C2=NN(C(=O)CN3CCCCC3C)C(c3cccn3C)C2)cc1C. The highest BCUT2D eigenvalue weighted by atomic mass is 16.2. The van der Waals surface area contributed by atoms with E-state index < -0.39 is 0 Å². The molecule has 0 bridgehead atoms. The van der Waals surface area contributed by atoms with Crippen LogP contribution in [0.2, 0.25) is 0 Å². The summed E-state index contributed by atoms with van der Waals surface area (Å²) in [7, 11) is 2.04. The first-order chi connectivity index (χ1) is 13.9. The second-order valence-corrected chi connectivity index (χ2v) is 8.66. The molecule has 0 aliphatic carbocycles. The molecule has 29 heavy (non-hydrogen) atoms. The normalized spacial score (nSPS) is 22.8. The van der Waals surface area contributed by atoms with Crippen LogP contribution < -0.4 is 0 Å². The lowest BCUT2D eigenvalue weighted by atomic mass is 9.98.